The first-order chi connectivity index (χ1) is 6.18. The van der Waals surface area contributed by atoms with Gasteiger partial charge in [0.05, 0.1) is 0 Å². The molecular formula is C10H10ClNO. The fourth-order valence-corrected chi connectivity index (χ4v) is 1.78. The number of rotatable bonds is 0. The molecule has 68 valence electrons. The molecule has 1 atom stereocenters. The van der Waals surface area contributed by atoms with E-state index in [-0.39, 0.29) is 5.91 Å². The zero-order chi connectivity index (χ0) is 9.42. The quantitative estimate of drug-likeness (QED) is 0.676. The number of halogens is 1. The van der Waals surface area contributed by atoms with E-state index in [9.17, 15) is 4.79 Å². The van der Waals surface area contributed by atoms with Gasteiger partial charge >= 0.3 is 0 Å². The second-order valence-electron chi connectivity index (χ2n) is 3.34. The molecule has 13 heavy (non-hydrogen) atoms. The molecule has 0 saturated carbocycles. The molecule has 0 aliphatic carbocycles. The second-order valence-corrected chi connectivity index (χ2v) is 3.78. The summed E-state index contributed by atoms with van der Waals surface area (Å²) in [6.45, 7) is 2.78. The van der Waals surface area contributed by atoms with E-state index in [1.807, 2.05) is 6.07 Å². The smallest absolute Gasteiger partial charge is 0.251 e. The van der Waals surface area contributed by atoms with Crippen LogP contribution >= 0.6 is 11.6 Å². The predicted molar refractivity (Wildman–Crippen MR) is 52.2 cm³/mol. The van der Waals surface area contributed by atoms with Crippen molar-refractivity contribution in [3.63, 3.8) is 0 Å². The molecule has 0 saturated heterocycles. The van der Waals surface area contributed by atoms with Crippen LogP contribution in [0.5, 0.6) is 0 Å². The molecule has 2 rings (SSSR count). The van der Waals surface area contributed by atoms with E-state index in [4.69, 9.17) is 11.6 Å². The summed E-state index contributed by atoms with van der Waals surface area (Å²) in [6.07, 6.45) is 0. The second kappa shape index (κ2) is 3.04. The Kier molecular flexibility index (Phi) is 2.00. The van der Waals surface area contributed by atoms with E-state index in [0.29, 0.717) is 17.5 Å². The molecule has 1 aromatic carbocycles. The monoisotopic (exact) mass is 195 g/mol. The Bertz CT molecular complexity index is 362. The summed E-state index contributed by atoms with van der Waals surface area (Å²) in [4.78, 5) is 11.4. The average molecular weight is 196 g/mol. The van der Waals surface area contributed by atoms with Gasteiger partial charge in [0.1, 0.15) is 0 Å². The van der Waals surface area contributed by atoms with Crippen LogP contribution in [0.15, 0.2) is 18.2 Å². The molecule has 0 unspecified atom stereocenters. The average Bonchev–Trinajstić information content (AvgIpc) is 2.12. The standard InChI is InChI=1S/C10H10ClNO/c1-6-5-12-10(13)8-3-2-7(11)4-9(6)8/h2-4,6H,5H2,1H3,(H,12,13)/t6-/m0/s1. The number of nitrogens with one attached hydrogen (secondary N) is 1. The minimum atomic E-state index is 0.00441. The Morgan fingerprint density at radius 1 is 1.54 bits per heavy atom. The molecular weight excluding hydrogens is 186 g/mol. The van der Waals surface area contributed by atoms with E-state index in [1.165, 1.54) is 0 Å². The first-order valence-electron chi connectivity index (χ1n) is 4.26. The zero-order valence-electron chi connectivity index (χ0n) is 7.30. The third-order valence-electron chi connectivity index (χ3n) is 2.36. The molecule has 1 N–H and O–H groups in total. The van der Waals surface area contributed by atoms with Crippen LogP contribution in [-0.4, -0.2) is 12.5 Å². The first kappa shape index (κ1) is 8.57. The lowest BCUT2D eigenvalue weighted by atomic mass is 9.92. The predicted octanol–water partition coefficient (Wildman–Crippen LogP) is 2.19. The summed E-state index contributed by atoms with van der Waals surface area (Å²) in [5.74, 6) is 0.358. The SMILES string of the molecule is C[C@H]1CNC(=O)c2ccc(Cl)cc21. The number of fused-ring (bicyclic) bond motifs is 1. The van der Waals surface area contributed by atoms with Crippen molar-refractivity contribution < 1.29 is 4.79 Å². The van der Waals surface area contributed by atoms with Crippen molar-refractivity contribution in [2.45, 2.75) is 12.8 Å². The maximum absolute atomic E-state index is 11.4. The van der Waals surface area contributed by atoms with Gasteiger partial charge in [-0.05, 0) is 29.7 Å². The molecule has 1 aliphatic heterocycles. The molecule has 0 aromatic heterocycles. The number of hydrogen-bond donors (Lipinski definition) is 1. The van der Waals surface area contributed by atoms with Crippen LogP contribution < -0.4 is 5.32 Å². The highest BCUT2D eigenvalue weighted by molar-refractivity contribution is 6.30. The van der Waals surface area contributed by atoms with Gasteiger partial charge in [-0.15, -0.1) is 0 Å². The summed E-state index contributed by atoms with van der Waals surface area (Å²) >= 11 is 5.86. The highest BCUT2D eigenvalue weighted by Gasteiger charge is 2.21. The number of carbonyl (C=O) groups is 1. The maximum atomic E-state index is 11.4. The Morgan fingerprint density at radius 2 is 2.31 bits per heavy atom. The normalized spacial score (nSPS) is 20.8. The van der Waals surface area contributed by atoms with Crippen LogP contribution in [0.4, 0.5) is 0 Å². The molecule has 3 heteroatoms. The number of carbonyl (C=O) groups excluding carboxylic acids is 1. The lowest BCUT2D eigenvalue weighted by Crippen LogP contribution is -2.33. The van der Waals surface area contributed by atoms with Crippen LogP contribution in [0, 0.1) is 0 Å². The zero-order valence-corrected chi connectivity index (χ0v) is 8.06. The maximum Gasteiger partial charge on any atom is 0.251 e. The van der Waals surface area contributed by atoms with Crippen molar-refractivity contribution in [3.8, 4) is 0 Å². The van der Waals surface area contributed by atoms with Crippen molar-refractivity contribution in [1.29, 1.82) is 0 Å². The lowest BCUT2D eigenvalue weighted by molar-refractivity contribution is 0.0941. The summed E-state index contributed by atoms with van der Waals surface area (Å²) in [5.41, 5.74) is 1.81. The third-order valence-corrected chi connectivity index (χ3v) is 2.59. The molecule has 1 aliphatic rings. The van der Waals surface area contributed by atoms with Crippen LogP contribution in [0.3, 0.4) is 0 Å². The third kappa shape index (κ3) is 1.42. The molecule has 0 bridgehead atoms. The van der Waals surface area contributed by atoms with Crippen LogP contribution in [-0.2, 0) is 0 Å². The Morgan fingerprint density at radius 3 is 3.08 bits per heavy atom. The van der Waals surface area contributed by atoms with Gasteiger partial charge in [-0.3, -0.25) is 4.79 Å². The number of benzene rings is 1. The number of amides is 1. The van der Waals surface area contributed by atoms with Crippen molar-refractivity contribution in [1.82, 2.24) is 5.32 Å². The fourth-order valence-electron chi connectivity index (χ4n) is 1.60. The van der Waals surface area contributed by atoms with Gasteiger partial charge in [-0.2, -0.15) is 0 Å². The van der Waals surface area contributed by atoms with E-state index in [1.54, 1.807) is 12.1 Å². The molecule has 1 heterocycles. The first-order valence-corrected chi connectivity index (χ1v) is 4.64. The largest absolute Gasteiger partial charge is 0.351 e. The van der Waals surface area contributed by atoms with Crippen LogP contribution in [0.25, 0.3) is 0 Å². The molecule has 1 aromatic rings. The minimum absolute atomic E-state index is 0.00441. The van der Waals surface area contributed by atoms with Crippen LogP contribution in [0.1, 0.15) is 28.8 Å². The Balaban J connectivity index is 2.57. The molecule has 2 nitrogen and oxygen atoms in total. The molecule has 0 fully saturated rings. The molecule has 1 amide bonds. The summed E-state index contributed by atoms with van der Waals surface area (Å²) in [7, 11) is 0. The summed E-state index contributed by atoms with van der Waals surface area (Å²) in [6, 6.07) is 5.40. The lowest BCUT2D eigenvalue weighted by Gasteiger charge is -2.22. The van der Waals surface area contributed by atoms with Gasteiger partial charge in [-0.1, -0.05) is 18.5 Å². The van der Waals surface area contributed by atoms with Gasteiger partial charge in [0, 0.05) is 17.1 Å². The van der Waals surface area contributed by atoms with Gasteiger partial charge in [-0.25, -0.2) is 0 Å². The molecule has 0 radical (unpaired) electrons. The molecule has 0 spiro atoms. The Labute approximate surface area is 81.9 Å². The number of hydrogen-bond acceptors (Lipinski definition) is 1. The van der Waals surface area contributed by atoms with Gasteiger partial charge in [0.25, 0.3) is 5.91 Å². The highest BCUT2D eigenvalue weighted by Crippen LogP contribution is 2.26. The Hall–Kier alpha value is -1.02. The van der Waals surface area contributed by atoms with Gasteiger partial charge in [0.15, 0.2) is 0 Å². The van der Waals surface area contributed by atoms with Crippen molar-refractivity contribution in [2.75, 3.05) is 6.54 Å². The van der Waals surface area contributed by atoms with Crippen molar-refractivity contribution >= 4 is 17.5 Å². The van der Waals surface area contributed by atoms with Gasteiger partial charge < -0.3 is 5.32 Å². The van der Waals surface area contributed by atoms with Crippen molar-refractivity contribution in [2.24, 2.45) is 0 Å². The highest BCUT2D eigenvalue weighted by atomic mass is 35.5. The van der Waals surface area contributed by atoms with E-state index in [0.717, 1.165) is 11.1 Å². The summed E-state index contributed by atoms with van der Waals surface area (Å²) in [5, 5.41) is 3.52. The van der Waals surface area contributed by atoms with Crippen LogP contribution in [0.2, 0.25) is 5.02 Å². The topological polar surface area (TPSA) is 29.1 Å². The van der Waals surface area contributed by atoms with E-state index < -0.39 is 0 Å². The van der Waals surface area contributed by atoms with Crippen molar-refractivity contribution in [3.05, 3.63) is 34.3 Å². The fraction of sp³-hybridized carbons (Fsp3) is 0.300. The van der Waals surface area contributed by atoms with E-state index >= 15 is 0 Å². The van der Waals surface area contributed by atoms with E-state index in [2.05, 4.69) is 12.2 Å². The van der Waals surface area contributed by atoms with Gasteiger partial charge in [0.2, 0.25) is 0 Å². The minimum Gasteiger partial charge on any atom is -0.351 e. The summed E-state index contributed by atoms with van der Waals surface area (Å²) < 4.78 is 0.